The largest absolute Gasteiger partial charge is 0.489 e. The Kier molecular flexibility index (Phi) is 8.21. The van der Waals surface area contributed by atoms with E-state index in [0.717, 1.165) is 16.7 Å². The van der Waals surface area contributed by atoms with Crippen molar-refractivity contribution < 1.29 is 23.7 Å². The maximum atomic E-state index is 12.5. The Morgan fingerprint density at radius 2 is 1.66 bits per heavy atom. The minimum absolute atomic E-state index is 0.00254. The highest BCUT2D eigenvalue weighted by molar-refractivity contribution is 5.74. The van der Waals surface area contributed by atoms with Gasteiger partial charge in [0.25, 0.3) is 0 Å². The Hall–Kier alpha value is -5.22. The zero-order valence-electron chi connectivity index (χ0n) is 22.9. The van der Waals surface area contributed by atoms with E-state index in [1.165, 1.54) is 5.56 Å². The van der Waals surface area contributed by atoms with E-state index in [1.54, 1.807) is 18.2 Å². The van der Waals surface area contributed by atoms with E-state index < -0.39 is 11.9 Å². The second-order valence-electron chi connectivity index (χ2n) is 9.96. The number of esters is 1. The van der Waals surface area contributed by atoms with Gasteiger partial charge in [0.15, 0.2) is 6.61 Å². The van der Waals surface area contributed by atoms with Gasteiger partial charge in [-0.3, -0.25) is 0 Å². The first-order chi connectivity index (χ1) is 19.9. The van der Waals surface area contributed by atoms with Crippen molar-refractivity contribution in [3.8, 4) is 29.1 Å². The van der Waals surface area contributed by atoms with Crippen molar-refractivity contribution in [2.45, 2.75) is 32.3 Å². The molecule has 4 aromatic rings. The number of fused-ring (bicyclic) bond motifs is 1. The van der Waals surface area contributed by atoms with Crippen LogP contribution in [0.3, 0.4) is 0 Å². The molecule has 0 fully saturated rings. The van der Waals surface area contributed by atoms with E-state index in [1.807, 2.05) is 78.9 Å². The summed E-state index contributed by atoms with van der Waals surface area (Å²) in [5, 5.41) is 9.93. The fourth-order valence-electron chi connectivity index (χ4n) is 4.62. The highest BCUT2D eigenvalue weighted by Crippen LogP contribution is 2.44. The average molecular weight is 547 g/mol. The van der Waals surface area contributed by atoms with Crippen LogP contribution in [0, 0.1) is 11.3 Å². The summed E-state index contributed by atoms with van der Waals surface area (Å²) in [6.07, 6.45) is 0. The Morgan fingerprint density at radius 3 is 2.39 bits per heavy atom. The van der Waals surface area contributed by atoms with Crippen molar-refractivity contribution in [3.05, 3.63) is 131 Å². The van der Waals surface area contributed by atoms with Crippen LogP contribution in [0.1, 0.15) is 47.9 Å². The topological polar surface area (TPSA) is 104 Å². The molecule has 1 aliphatic heterocycles. The summed E-state index contributed by atoms with van der Waals surface area (Å²) in [5.41, 5.74) is 10.2. The number of benzene rings is 4. The van der Waals surface area contributed by atoms with E-state index in [2.05, 4.69) is 19.9 Å². The van der Waals surface area contributed by atoms with Gasteiger partial charge in [0.2, 0.25) is 5.88 Å². The monoisotopic (exact) mass is 546 g/mol. The number of carbonyl (C=O) groups excluding carboxylic acids is 1. The molecule has 41 heavy (non-hydrogen) atoms. The number of carbonyl (C=O) groups is 1. The van der Waals surface area contributed by atoms with Crippen LogP contribution in [0.4, 0.5) is 0 Å². The third kappa shape index (κ3) is 6.51. The molecule has 206 valence electrons. The Balaban J connectivity index is 1.31. The number of nitriles is 1. The Bertz CT molecular complexity index is 1600. The van der Waals surface area contributed by atoms with E-state index in [-0.39, 0.29) is 18.2 Å². The maximum Gasteiger partial charge on any atom is 0.349 e. The van der Waals surface area contributed by atoms with Gasteiger partial charge in [-0.25, -0.2) is 4.79 Å². The predicted molar refractivity (Wildman–Crippen MR) is 155 cm³/mol. The lowest BCUT2D eigenvalue weighted by molar-refractivity contribution is -0.136. The molecule has 1 unspecified atom stereocenters. The molecule has 7 heteroatoms. The van der Waals surface area contributed by atoms with E-state index in [9.17, 15) is 10.1 Å². The fraction of sp³-hybridized carbons (Fsp3) is 0.176. The molecular formula is C34H30N2O5. The summed E-state index contributed by atoms with van der Waals surface area (Å²) in [5.74, 6) is 1.29. The van der Waals surface area contributed by atoms with Gasteiger partial charge in [0.05, 0.1) is 5.92 Å². The molecule has 0 aliphatic carbocycles. The number of hydrogen-bond acceptors (Lipinski definition) is 7. The minimum Gasteiger partial charge on any atom is -0.489 e. The average Bonchev–Trinajstić information content (AvgIpc) is 2.99. The molecule has 0 radical (unpaired) electrons. The summed E-state index contributed by atoms with van der Waals surface area (Å²) in [6, 6.07) is 32.3. The molecule has 0 amide bonds. The Labute approximate surface area is 239 Å². The minimum atomic E-state index is -0.560. The highest BCUT2D eigenvalue weighted by Gasteiger charge is 2.31. The van der Waals surface area contributed by atoms with Gasteiger partial charge in [-0.1, -0.05) is 74.5 Å². The molecule has 0 bridgehead atoms. The molecule has 0 saturated carbocycles. The molecule has 5 rings (SSSR count). The summed E-state index contributed by atoms with van der Waals surface area (Å²) in [7, 11) is 0. The van der Waals surface area contributed by atoms with Crippen LogP contribution in [0.2, 0.25) is 0 Å². The Morgan fingerprint density at radius 1 is 0.902 bits per heavy atom. The molecule has 0 aromatic heterocycles. The number of hydrogen-bond donors (Lipinski definition) is 1. The fourth-order valence-corrected chi connectivity index (χ4v) is 4.62. The molecule has 1 atom stereocenters. The first kappa shape index (κ1) is 27.4. The van der Waals surface area contributed by atoms with Crippen molar-refractivity contribution in [2.24, 2.45) is 5.73 Å². The summed E-state index contributed by atoms with van der Waals surface area (Å²) in [6.45, 7) is 4.39. The number of allylic oxidation sites excluding steroid dienone is 1. The van der Waals surface area contributed by atoms with Gasteiger partial charge < -0.3 is 24.7 Å². The predicted octanol–water partition coefficient (Wildman–Crippen LogP) is 6.59. The van der Waals surface area contributed by atoms with Crippen LogP contribution in [0.25, 0.3) is 0 Å². The normalized spacial score (nSPS) is 14.0. The molecule has 0 saturated heterocycles. The van der Waals surface area contributed by atoms with Crippen LogP contribution in [-0.4, -0.2) is 12.6 Å². The number of rotatable bonds is 9. The van der Waals surface area contributed by atoms with Crippen molar-refractivity contribution in [2.75, 3.05) is 6.61 Å². The summed E-state index contributed by atoms with van der Waals surface area (Å²) in [4.78, 5) is 12.5. The standard InChI is InChI=1S/C34H30N2O5/c1-22(2)24-11-13-26(14-12-24)39-21-32(37)40-28-15-16-29-31(18-28)41-34(36)30(19-35)33(29)25-9-6-10-27(17-25)38-20-23-7-4-3-5-8-23/h3-18,22,33H,20-21,36H2,1-2H3. The van der Waals surface area contributed by atoms with Gasteiger partial charge >= 0.3 is 5.97 Å². The summed E-state index contributed by atoms with van der Waals surface area (Å²) < 4.78 is 22.9. The van der Waals surface area contributed by atoms with Crippen molar-refractivity contribution in [1.29, 1.82) is 5.26 Å². The first-order valence-corrected chi connectivity index (χ1v) is 13.3. The van der Waals surface area contributed by atoms with Gasteiger partial charge in [0, 0.05) is 11.6 Å². The number of ether oxygens (including phenoxy) is 4. The lowest BCUT2D eigenvalue weighted by atomic mass is 9.83. The lowest BCUT2D eigenvalue weighted by Gasteiger charge is -2.27. The number of nitrogens with two attached hydrogens (primary N) is 1. The molecule has 0 spiro atoms. The van der Waals surface area contributed by atoms with E-state index >= 15 is 0 Å². The summed E-state index contributed by atoms with van der Waals surface area (Å²) >= 11 is 0. The third-order valence-corrected chi connectivity index (χ3v) is 6.77. The van der Waals surface area contributed by atoms with Crippen LogP contribution < -0.4 is 24.7 Å². The molecule has 1 heterocycles. The zero-order chi connectivity index (χ0) is 28.8. The van der Waals surface area contributed by atoms with Crippen LogP contribution >= 0.6 is 0 Å². The van der Waals surface area contributed by atoms with Gasteiger partial charge in [-0.05, 0) is 52.9 Å². The van der Waals surface area contributed by atoms with Crippen molar-refractivity contribution >= 4 is 5.97 Å². The SMILES string of the molecule is CC(C)c1ccc(OCC(=O)Oc2ccc3c(c2)OC(N)=C(C#N)C3c2cccc(OCc3ccccc3)c2)cc1. The van der Waals surface area contributed by atoms with Crippen LogP contribution in [0.5, 0.6) is 23.0 Å². The van der Waals surface area contributed by atoms with Crippen LogP contribution in [-0.2, 0) is 11.4 Å². The quantitative estimate of drug-likeness (QED) is 0.186. The third-order valence-electron chi connectivity index (χ3n) is 6.77. The van der Waals surface area contributed by atoms with Crippen molar-refractivity contribution in [3.63, 3.8) is 0 Å². The number of nitrogens with zero attached hydrogens (tertiary/aromatic N) is 1. The van der Waals surface area contributed by atoms with Crippen LogP contribution in [0.15, 0.2) is 109 Å². The smallest absolute Gasteiger partial charge is 0.349 e. The zero-order valence-corrected chi connectivity index (χ0v) is 22.9. The molecule has 7 nitrogen and oxygen atoms in total. The van der Waals surface area contributed by atoms with Crippen molar-refractivity contribution in [1.82, 2.24) is 0 Å². The van der Waals surface area contributed by atoms with Gasteiger partial charge in [-0.2, -0.15) is 5.26 Å². The highest BCUT2D eigenvalue weighted by atomic mass is 16.6. The van der Waals surface area contributed by atoms with E-state index in [4.69, 9.17) is 24.7 Å². The van der Waals surface area contributed by atoms with Gasteiger partial charge in [0.1, 0.15) is 41.2 Å². The maximum absolute atomic E-state index is 12.5. The van der Waals surface area contributed by atoms with E-state index in [0.29, 0.717) is 35.3 Å². The molecule has 1 aliphatic rings. The second-order valence-corrected chi connectivity index (χ2v) is 9.96. The lowest BCUT2D eigenvalue weighted by Crippen LogP contribution is -2.21. The second kappa shape index (κ2) is 12.3. The molecular weight excluding hydrogens is 516 g/mol. The molecule has 4 aromatic carbocycles. The first-order valence-electron chi connectivity index (χ1n) is 13.3. The van der Waals surface area contributed by atoms with Gasteiger partial charge in [-0.15, -0.1) is 0 Å². The molecule has 2 N–H and O–H groups in total.